The molecule has 7 nitrogen and oxygen atoms in total. The highest BCUT2D eigenvalue weighted by Gasteiger charge is 2.21. The number of piperazine rings is 1. The van der Waals surface area contributed by atoms with Crippen molar-refractivity contribution in [3.63, 3.8) is 0 Å². The van der Waals surface area contributed by atoms with Crippen LogP contribution in [0.15, 0.2) is 48.5 Å². The van der Waals surface area contributed by atoms with Gasteiger partial charge < -0.3 is 19.7 Å². The molecule has 0 atom stereocenters. The topological polar surface area (TPSA) is 71.1 Å². The van der Waals surface area contributed by atoms with Gasteiger partial charge in [-0.3, -0.25) is 14.5 Å². The van der Waals surface area contributed by atoms with Gasteiger partial charge in [0, 0.05) is 32.3 Å². The first-order valence-electron chi connectivity index (χ1n) is 10.9. The highest BCUT2D eigenvalue weighted by Crippen LogP contribution is 2.29. The van der Waals surface area contributed by atoms with Crippen molar-refractivity contribution >= 4 is 35.2 Å². The fourth-order valence-corrected chi connectivity index (χ4v) is 3.68. The molecule has 1 aliphatic heterocycles. The Kier molecular flexibility index (Phi) is 8.74. The highest BCUT2D eigenvalue weighted by molar-refractivity contribution is 6.33. The van der Waals surface area contributed by atoms with Gasteiger partial charge in [0.05, 0.1) is 30.5 Å². The van der Waals surface area contributed by atoms with E-state index in [0.29, 0.717) is 48.4 Å². The van der Waals surface area contributed by atoms with Gasteiger partial charge in [-0.15, -0.1) is 0 Å². The standard InChI is InChI=1S/C25H30ClN3O4/c1-18(2)33-22-10-8-19(16-23(22)32-3)9-11-25(31)29-14-12-28(13-15-29)17-24(30)27-21-7-5-4-6-20(21)26/h4-11,16,18H,12-15,17H2,1-3H3,(H,27,30)/b11-9+. The lowest BCUT2D eigenvalue weighted by Crippen LogP contribution is -2.50. The van der Waals surface area contributed by atoms with E-state index in [9.17, 15) is 9.59 Å². The lowest BCUT2D eigenvalue weighted by atomic mass is 10.1. The number of para-hydroxylation sites is 1. The summed E-state index contributed by atoms with van der Waals surface area (Å²) in [6.07, 6.45) is 3.38. The van der Waals surface area contributed by atoms with Crippen molar-refractivity contribution in [2.45, 2.75) is 20.0 Å². The van der Waals surface area contributed by atoms with Gasteiger partial charge in [0.1, 0.15) is 0 Å². The van der Waals surface area contributed by atoms with Crippen molar-refractivity contribution in [2.75, 3.05) is 45.2 Å². The van der Waals surface area contributed by atoms with Gasteiger partial charge in [0.2, 0.25) is 11.8 Å². The number of rotatable bonds is 8. The molecule has 0 aromatic heterocycles. The molecule has 0 aliphatic carbocycles. The average Bonchev–Trinajstić information content (AvgIpc) is 2.79. The van der Waals surface area contributed by atoms with Crippen molar-refractivity contribution < 1.29 is 19.1 Å². The molecule has 1 aliphatic rings. The van der Waals surface area contributed by atoms with Gasteiger partial charge >= 0.3 is 0 Å². The van der Waals surface area contributed by atoms with Crippen LogP contribution in [0.5, 0.6) is 11.5 Å². The Labute approximate surface area is 199 Å². The Morgan fingerprint density at radius 2 is 1.82 bits per heavy atom. The first-order valence-corrected chi connectivity index (χ1v) is 11.3. The SMILES string of the molecule is COc1cc(/C=C/C(=O)N2CCN(CC(=O)Nc3ccccc3Cl)CC2)ccc1OC(C)C. The number of nitrogens with one attached hydrogen (secondary N) is 1. The number of halogens is 1. The molecule has 0 saturated carbocycles. The summed E-state index contributed by atoms with van der Waals surface area (Å²) in [5, 5.41) is 3.34. The molecule has 2 aromatic rings. The number of anilines is 1. The van der Waals surface area contributed by atoms with Gasteiger partial charge in [0.15, 0.2) is 11.5 Å². The summed E-state index contributed by atoms with van der Waals surface area (Å²) in [4.78, 5) is 28.7. The van der Waals surface area contributed by atoms with E-state index in [0.717, 1.165) is 5.56 Å². The highest BCUT2D eigenvalue weighted by atomic mass is 35.5. The third-order valence-corrected chi connectivity index (χ3v) is 5.50. The summed E-state index contributed by atoms with van der Waals surface area (Å²) in [5.41, 5.74) is 1.45. The molecule has 33 heavy (non-hydrogen) atoms. The third-order valence-electron chi connectivity index (χ3n) is 5.17. The van der Waals surface area contributed by atoms with Crippen LogP contribution in [0.25, 0.3) is 6.08 Å². The monoisotopic (exact) mass is 471 g/mol. The fraction of sp³-hybridized carbons (Fsp3) is 0.360. The summed E-state index contributed by atoms with van der Waals surface area (Å²) in [6, 6.07) is 12.7. The number of ether oxygens (including phenoxy) is 2. The Hall–Kier alpha value is -3.03. The Morgan fingerprint density at radius 3 is 2.48 bits per heavy atom. The van der Waals surface area contributed by atoms with E-state index in [1.165, 1.54) is 0 Å². The Balaban J connectivity index is 1.48. The van der Waals surface area contributed by atoms with Gasteiger partial charge in [0.25, 0.3) is 0 Å². The summed E-state index contributed by atoms with van der Waals surface area (Å²) in [5.74, 6) is 1.12. The number of hydrogen-bond acceptors (Lipinski definition) is 5. The van der Waals surface area contributed by atoms with Crippen molar-refractivity contribution in [3.05, 3.63) is 59.1 Å². The quantitative estimate of drug-likeness (QED) is 0.590. The minimum atomic E-state index is -0.124. The van der Waals surface area contributed by atoms with Gasteiger partial charge in [-0.05, 0) is 49.8 Å². The molecule has 1 heterocycles. The summed E-state index contributed by atoms with van der Waals surface area (Å²) in [7, 11) is 1.59. The molecule has 2 aromatic carbocycles. The first kappa shape index (κ1) is 24.6. The molecule has 8 heteroatoms. The lowest BCUT2D eigenvalue weighted by Gasteiger charge is -2.33. The van der Waals surface area contributed by atoms with Crippen molar-refractivity contribution in [2.24, 2.45) is 0 Å². The maximum atomic E-state index is 12.6. The predicted octanol–water partition coefficient (Wildman–Crippen LogP) is 3.93. The smallest absolute Gasteiger partial charge is 0.246 e. The average molecular weight is 472 g/mol. The van der Waals surface area contributed by atoms with Crippen molar-refractivity contribution in [1.29, 1.82) is 0 Å². The van der Waals surface area contributed by atoms with Crippen molar-refractivity contribution in [1.82, 2.24) is 9.80 Å². The molecular formula is C25H30ClN3O4. The minimum Gasteiger partial charge on any atom is -0.493 e. The van der Waals surface area contributed by atoms with Crippen LogP contribution in [-0.2, 0) is 9.59 Å². The number of amides is 2. The normalized spacial score (nSPS) is 14.5. The molecule has 3 rings (SSSR count). The fourth-order valence-electron chi connectivity index (χ4n) is 3.49. The zero-order chi connectivity index (χ0) is 23.8. The largest absolute Gasteiger partial charge is 0.493 e. The molecule has 176 valence electrons. The molecule has 1 fully saturated rings. The summed E-state index contributed by atoms with van der Waals surface area (Å²) < 4.78 is 11.1. The van der Waals surface area contributed by atoms with Gasteiger partial charge in [-0.1, -0.05) is 29.8 Å². The second-order valence-electron chi connectivity index (χ2n) is 8.04. The molecule has 1 saturated heterocycles. The van der Waals surface area contributed by atoms with Crippen LogP contribution in [0.2, 0.25) is 5.02 Å². The molecule has 1 N–H and O–H groups in total. The number of methoxy groups -OCH3 is 1. The number of benzene rings is 2. The summed E-state index contributed by atoms with van der Waals surface area (Å²) >= 11 is 6.09. The van der Waals surface area contributed by atoms with E-state index in [2.05, 4.69) is 5.32 Å². The molecule has 0 radical (unpaired) electrons. The van der Waals surface area contributed by atoms with E-state index in [-0.39, 0.29) is 24.5 Å². The maximum absolute atomic E-state index is 12.6. The van der Waals surface area contributed by atoms with E-state index in [1.807, 2.05) is 49.1 Å². The Bertz CT molecular complexity index is 1000. The maximum Gasteiger partial charge on any atom is 0.246 e. The van der Waals surface area contributed by atoms with Crippen LogP contribution in [-0.4, -0.2) is 67.6 Å². The third kappa shape index (κ3) is 7.23. The lowest BCUT2D eigenvalue weighted by molar-refractivity contribution is -0.127. The van der Waals surface area contributed by atoms with Crippen LogP contribution in [0.1, 0.15) is 19.4 Å². The molecule has 0 bridgehead atoms. The molecule has 2 amide bonds. The van der Waals surface area contributed by atoms with Crippen LogP contribution >= 0.6 is 11.6 Å². The Morgan fingerprint density at radius 1 is 1.09 bits per heavy atom. The van der Waals surface area contributed by atoms with Gasteiger partial charge in [-0.2, -0.15) is 0 Å². The van der Waals surface area contributed by atoms with E-state index in [1.54, 1.807) is 36.3 Å². The van der Waals surface area contributed by atoms with Crippen LogP contribution in [0.4, 0.5) is 5.69 Å². The molecule has 0 unspecified atom stereocenters. The van der Waals surface area contributed by atoms with E-state index >= 15 is 0 Å². The number of carbonyl (C=O) groups is 2. The first-order chi connectivity index (χ1) is 15.9. The molecule has 0 spiro atoms. The van der Waals surface area contributed by atoms with Crippen LogP contribution < -0.4 is 14.8 Å². The summed E-state index contributed by atoms with van der Waals surface area (Å²) in [6.45, 7) is 6.55. The second-order valence-corrected chi connectivity index (χ2v) is 8.45. The predicted molar refractivity (Wildman–Crippen MR) is 131 cm³/mol. The van der Waals surface area contributed by atoms with Crippen LogP contribution in [0, 0.1) is 0 Å². The van der Waals surface area contributed by atoms with Crippen molar-refractivity contribution in [3.8, 4) is 11.5 Å². The van der Waals surface area contributed by atoms with Gasteiger partial charge in [-0.25, -0.2) is 0 Å². The number of hydrogen-bond donors (Lipinski definition) is 1. The zero-order valence-corrected chi connectivity index (χ0v) is 20.0. The number of carbonyl (C=O) groups excluding carboxylic acids is 2. The van der Waals surface area contributed by atoms with E-state index < -0.39 is 0 Å². The minimum absolute atomic E-state index is 0.0442. The van der Waals surface area contributed by atoms with E-state index in [4.69, 9.17) is 21.1 Å². The van der Waals surface area contributed by atoms with Crippen LogP contribution in [0.3, 0.4) is 0 Å². The number of nitrogens with zero attached hydrogens (tertiary/aromatic N) is 2. The second kappa shape index (κ2) is 11.7. The molecular weight excluding hydrogens is 442 g/mol. The zero-order valence-electron chi connectivity index (χ0n) is 19.2.